The summed E-state index contributed by atoms with van der Waals surface area (Å²) >= 11 is 0. The van der Waals surface area contributed by atoms with Crippen molar-refractivity contribution in [1.82, 2.24) is 0 Å². The number of benzene rings is 2. The van der Waals surface area contributed by atoms with Gasteiger partial charge in [-0.05, 0) is 50.2 Å². The molecule has 0 saturated carbocycles. The molecule has 2 aromatic carbocycles. The minimum Gasteiger partial charge on any atom is -0.494 e. The maximum atomic E-state index is 13.0. The number of amides is 1. The number of nitrogens with zero attached hydrogens (tertiary/aromatic N) is 1. The zero-order chi connectivity index (χ0) is 18.5. The Labute approximate surface area is 152 Å². The molecule has 1 aliphatic heterocycles. The highest BCUT2D eigenvalue weighted by molar-refractivity contribution is 6.08. The van der Waals surface area contributed by atoms with Gasteiger partial charge in [-0.1, -0.05) is 6.07 Å². The van der Waals surface area contributed by atoms with E-state index < -0.39 is 5.97 Å². The molecule has 1 aliphatic rings. The summed E-state index contributed by atoms with van der Waals surface area (Å²) in [6, 6.07) is 12.0. The lowest BCUT2D eigenvalue weighted by molar-refractivity contribution is 0.0526. The van der Waals surface area contributed by atoms with Crippen molar-refractivity contribution < 1.29 is 23.8 Å². The van der Waals surface area contributed by atoms with E-state index in [9.17, 15) is 9.59 Å². The molecule has 0 unspecified atom stereocenters. The molecule has 0 atom stereocenters. The summed E-state index contributed by atoms with van der Waals surface area (Å²) in [6.07, 6.45) is 0. The van der Waals surface area contributed by atoms with Crippen molar-refractivity contribution in [1.29, 1.82) is 0 Å². The number of anilines is 1. The van der Waals surface area contributed by atoms with Gasteiger partial charge < -0.3 is 19.1 Å². The molecule has 1 heterocycles. The quantitative estimate of drug-likeness (QED) is 0.770. The summed E-state index contributed by atoms with van der Waals surface area (Å²) in [7, 11) is 0. The van der Waals surface area contributed by atoms with E-state index in [1.54, 1.807) is 48.2 Å². The van der Waals surface area contributed by atoms with E-state index in [-0.39, 0.29) is 5.91 Å². The molecular weight excluding hydrogens is 334 g/mol. The van der Waals surface area contributed by atoms with Gasteiger partial charge in [-0.15, -0.1) is 0 Å². The van der Waals surface area contributed by atoms with Crippen LogP contribution in [0.5, 0.6) is 11.5 Å². The van der Waals surface area contributed by atoms with Gasteiger partial charge in [-0.2, -0.15) is 0 Å². The molecule has 0 fully saturated rings. The first-order valence-electron chi connectivity index (χ1n) is 8.62. The number of carbonyl (C=O) groups excluding carboxylic acids is 2. The van der Waals surface area contributed by atoms with Crippen LogP contribution in [-0.2, 0) is 4.74 Å². The minimum absolute atomic E-state index is 0.169. The molecule has 0 N–H and O–H groups in total. The summed E-state index contributed by atoms with van der Waals surface area (Å²) in [5, 5.41) is 0. The molecule has 6 heteroatoms. The molecule has 0 spiro atoms. The Bertz CT molecular complexity index is 818. The Morgan fingerprint density at radius 1 is 1.08 bits per heavy atom. The van der Waals surface area contributed by atoms with Crippen LogP contribution in [0.25, 0.3) is 0 Å². The molecule has 0 bridgehead atoms. The van der Waals surface area contributed by atoms with Gasteiger partial charge in [-0.3, -0.25) is 4.79 Å². The van der Waals surface area contributed by atoms with Crippen LogP contribution in [0.2, 0.25) is 0 Å². The van der Waals surface area contributed by atoms with Crippen molar-refractivity contribution in [3.63, 3.8) is 0 Å². The van der Waals surface area contributed by atoms with E-state index in [1.165, 1.54) is 0 Å². The van der Waals surface area contributed by atoms with Crippen molar-refractivity contribution in [3.8, 4) is 11.5 Å². The Balaban J connectivity index is 1.93. The van der Waals surface area contributed by atoms with Crippen molar-refractivity contribution in [3.05, 3.63) is 53.6 Å². The fourth-order valence-electron chi connectivity index (χ4n) is 2.81. The lowest BCUT2D eigenvalue weighted by atomic mass is 10.1. The smallest absolute Gasteiger partial charge is 0.338 e. The molecule has 0 saturated heterocycles. The maximum absolute atomic E-state index is 13.0. The van der Waals surface area contributed by atoms with Crippen LogP contribution in [0.4, 0.5) is 5.69 Å². The van der Waals surface area contributed by atoms with Gasteiger partial charge in [0, 0.05) is 5.56 Å². The third kappa shape index (κ3) is 3.64. The molecule has 26 heavy (non-hydrogen) atoms. The zero-order valence-corrected chi connectivity index (χ0v) is 14.9. The van der Waals surface area contributed by atoms with Crippen LogP contribution in [0.15, 0.2) is 42.5 Å². The van der Waals surface area contributed by atoms with E-state index in [0.717, 1.165) is 0 Å². The van der Waals surface area contributed by atoms with E-state index >= 15 is 0 Å². The average molecular weight is 355 g/mol. The number of rotatable bonds is 5. The standard InChI is InChI=1S/C20H21NO5/c1-3-24-16-7-5-6-14(12-16)19(22)21-10-11-26-18-9-8-15(13-17(18)21)20(23)25-4-2/h5-9,12-13H,3-4,10-11H2,1-2H3. The van der Waals surface area contributed by atoms with Crippen LogP contribution < -0.4 is 14.4 Å². The minimum atomic E-state index is -0.424. The van der Waals surface area contributed by atoms with E-state index in [2.05, 4.69) is 0 Å². The first kappa shape index (κ1) is 17.8. The lowest BCUT2D eigenvalue weighted by Gasteiger charge is -2.30. The van der Waals surface area contributed by atoms with Crippen LogP contribution in [0, 0.1) is 0 Å². The third-order valence-electron chi connectivity index (χ3n) is 3.97. The van der Waals surface area contributed by atoms with Gasteiger partial charge in [0.25, 0.3) is 5.91 Å². The molecule has 0 aliphatic carbocycles. The second kappa shape index (κ2) is 7.91. The summed E-state index contributed by atoms with van der Waals surface area (Å²) in [6.45, 7) is 5.25. The predicted octanol–water partition coefficient (Wildman–Crippen LogP) is 3.30. The van der Waals surface area contributed by atoms with Gasteiger partial charge in [0.05, 0.1) is 31.0 Å². The van der Waals surface area contributed by atoms with Gasteiger partial charge in [0.2, 0.25) is 0 Å². The van der Waals surface area contributed by atoms with Gasteiger partial charge in [0.1, 0.15) is 18.1 Å². The average Bonchev–Trinajstić information content (AvgIpc) is 2.67. The zero-order valence-electron chi connectivity index (χ0n) is 14.9. The lowest BCUT2D eigenvalue weighted by Crippen LogP contribution is -2.38. The second-order valence-electron chi connectivity index (χ2n) is 5.67. The first-order valence-corrected chi connectivity index (χ1v) is 8.62. The molecule has 136 valence electrons. The molecule has 2 aromatic rings. The van der Waals surface area contributed by atoms with Gasteiger partial charge in [0.15, 0.2) is 0 Å². The Hall–Kier alpha value is -3.02. The number of esters is 1. The number of hydrogen-bond acceptors (Lipinski definition) is 5. The van der Waals surface area contributed by atoms with E-state index in [4.69, 9.17) is 14.2 Å². The predicted molar refractivity (Wildman–Crippen MR) is 97.2 cm³/mol. The normalized spacial score (nSPS) is 12.8. The number of carbonyl (C=O) groups is 2. The van der Waals surface area contributed by atoms with Crippen molar-refractivity contribution in [2.24, 2.45) is 0 Å². The Morgan fingerprint density at radius 3 is 2.69 bits per heavy atom. The highest BCUT2D eigenvalue weighted by Gasteiger charge is 2.26. The first-order chi connectivity index (χ1) is 12.6. The van der Waals surface area contributed by atoms with E-state index in [1.807, 2.05) is 13.0 Å². The largest absolute Gasteiger partial charge is 0.494 e. The maximum Gasteiger partial charge on any atom is 0.338 e. The summed E-state index contributed by atoms with van der Waals surface area (Å²) in [4.78, 5) is 26.7. The molecule has 3 rings (SSSR count). The highest BCUT2D eigenvalue weighted by atomic mass is 16.5. The number of hydrogen-bond donors (Lipinski definition) is 0. The topological polar surface area (TPSA) is 65.1 Å². The van der Waals surface area contributed by atoms with Crippen molar-refractivity contribution in [2.45, 2.75) is 13.8 Å². The van der Waals surface area contributed by atoms with Crippen molar-refractivity contribution in [2.75, 3.05) is 31.3 Å². The van der Waals surface area contributed by atoms with E-state index in [0.29, 0.717) is 54.7 Å². The van der Waals surface area contributed by atoms with Crippen LogP contribution in [0.1, 0.15) is 34.6 Å². The fourth-order valence-corrected chi connectivity index (χ4v) is 2.81. The Morgan fingerprint density at radius 2 is 1.92 bits per heavy atom. The molecule has 0 radical (unpaired) electrons. The van der Waals surface area contributed by atoms with Crippen LogP contribution in [0.3, 0.4) is 0 Å². The molecule has 0 aromatic heterocycles. The van der Waals surface area contributed by atoms with Gasteiger partial charge in [-0.25, -0.2) is 4.79 Å². The SMILES string of the molecule is CCOC(=O)c1ccc2c(c1)N(C(=O)c1cccc(OCC)c1)CCO2. The third-order valence-corrected chi connectivity index (χ3v) is 3.97. The fraction of sp³-hybridized carbons (Fsp3) is 0.300. The highest BCUT2D eigenvalue weighted by Crippen LogP contribution is 2.34. The Kier molecular flexibility index (Phi) is 5.41. The monoisotopic (exact) mass is 355 g/mol. The molecular formula is C20H21NO5. The van der Waals surface area contributed by atoms with Crippen LogP contribution >= 0.6 is 0 Å². The molecule has 1 amide bonds. The van der Waals surface area contributed by atoms with Crippen molar-refractivity contribution >= 4 is 17.6 Å². The second-order valence-corrected chi connectivity index (χ2v) is 5.67. The summed E-state index contributed by atoms with van der Waals surface area (Å²) < 4.78 is 16.1. The molecule has 6 nitrogen and oxygen atoms in total. The van der Waals surface area contributed by atoms with Crippen LogP contribution in [-0.4, -0.2) is 38.2 Å². The number of ether oxygens (including phenoxy) is 3. The summed E-state index contributed by atoms with van der Waals surface area (Å²) in [5.74, 6) is 0.620. The summed E-state index contributed by atoms with van der Waals surface area (Å²) in [5.41, 5.74) is 1.47. The number of fused-ring (bicyclic) bond motifs is 1. The van der Waals surface area contributed by atoms with Gasteiger partial charge >= 0.3 is 5.97 Å².